The van der Waals surface area contributed by atoms with Crippen LogP contribution in [0.15, 0.2) is 90.1 Å². The van der Waals surface area contributed by atoms with Crippen molar-refractivity contribution in [2.75, 3.05) is 4.90 Å². The molecule has 1 amide bonds. The zero-order valence-corrected chi connectivity index (χ0v) is 22.2. The first-order valence-electron chi connectivity index (χ1n) is 13.0. The molecule has 1 aromatic heterocycles. The van der Waals surface area contributed by atoms with E-state index >= 15 is 0 Å². The van der Waals surface area contributed by atoms with Gasteiger partial charge in [-0.1, -0.05) is 55.5 Å². The molecule has 0 aliphatic heterocycles. The summed E-state index contributed by atoms with van der Waals surface area (Å²) >= 11 is 0. The molecule has 2 N–H and O–H groups in total. The lowest BCUT2D eigenvalue weighted by molar-refractivity contribution is -0.118. The van der Waals surface area contributed by atoms with E-state index in [1.165, 1.54) is 0 Å². The van der Waals surface area contributed by atoms with Gasteiger partial charge in [-0.3, -0.25) is 4.79 Å². The minimum Gasteiger partial charge on any atom is -0.347 e. The van der Waals surface area contributed by atoms with Crippen molar-refractivity contribution >= 4 is 21.6 Å². The van der Waals surface area contributed by atoms with Crippen LogP contribution in [0, 0.1) is 0 Å². The van der Waals surface area contributed by atoms with E-state index < -0.39 is 10.0 Å². The van der Waals surface area contributed by atoms with Gasteiger partial charge in [0.25, 0.3) is 0 Å². The molecule has 0 saturated carbocycles. The zero-order valence-electron chi connectivity index (χ0n) is 21.4. The quantitative estimate of drug-likeness (QED) is 0.299. The first kappa shape index (κ1) is 25.9. The van der Waals surface area contributed by atoms with Crippen molar-refractivity contribution in [1.29, 1.82) is 0 Å². The number of carbonyl (C=O) groups excluding carboxylic acids is 1. The molecule has 4 aromatic rings. The second-order valence-corrected chi connectivity index (χ2v) is 11.3. The number of aromatic nitrogens is 2. The third-order valence-electron chi connectivity index (χ3n) is 7.09. The molecule has 1 unspecified atom stereocenters. The highest BCUT2D eigenvalue weighted by Crippen LogP contribution is 2.35. The van der Waals surface area contributed by atoms with E-state index in [4.69, 9.17) is 0 Å². The summed E-state index contributed by atoms with van der Waals surface area (Å²) in [5, 5.41) is 0. The van der Waals surface area contributed by atoms with Crippen molar-refractivity contribution in [3.05, 3.63) is 113 Å². The standard InChI is InChI=1S/C30H32N4O3S/c1-2-22-8-14-26(15-9-22)38(36,37)33-28-16-12-24-11-13-25(20-27(24)28)34(21-29-31-18-19-32-29)30(35)17-10-23-6-4-3-5-7-23/h3-9,11,13-15,18-20,28,33H,2,10,12,16-17,21H2,1H3,(H,31,32). The van der Waals surface area contributed by atoms with E-state index in [2.05, 4.69) is 14.7 Å². The molecule has 1 aliphatic rings. The van der Waals surface area contributed by atoms with E-state index in [-0.39, 0.29) is 16.8 Å². The number of benzene rings is 3. The molecule has 0 radical (unpaired) electrons. The first-order chi connectivity index (χ1) is 18.4. The molecule has 5 rings (SSSR count). The van der Waals surface area contributed by atoms with Gasteiger partial charge in [-0.25, -0.2) is 18.1 Å². The number of H-pyrrole nitrogens is 1. The van der Waals surface area contributed by atoms with Gasteiger partial charge in [0.2, 0.25) is 15.9 Å². The fraction of sp³-hybridized carbons (Fsp3) is 0.267. The molecule has 38 heavy (non-hydrogen) atoms. The highest BCUT2D eigenvalue weighted by Gasteiger charge is 2.29. The molecule has 0 fully saturated rings. The second kappa shape index (κ2) is 11.3. The van der Waals surface area contributed by atoms with E-state index in [1.54, 1.807) is 29.4 Å². The number of amides is 1. The smallest absolute Gasteiger partial charge is 0.241 e. The fourth-order valence-corrected chi connectivity index (χ4v) is 6.18. The molecular weight excluding hydrogens is 496 g/mol. The summed E-state index contributed by atoms with van der Waals surface area (Å²) in [5.41, 5.74) is 4.94. The lowest BCUT2D eigenvalue weighted by Gasteiger charge is -2.24. The number of rotatable bonds is 10. The van der Waals surface area contributed by atoms with Gasteiger partial charge in [0, 0.05) is 30.5 Å². The SMILES string of the molecule is CCc1ccc(S(=O)(=O)NC2CCc3ccc(N(Cc4ncc[nH]4)C(=O)CCc4ccccc4)cc32)cc1. The van der Waals surface area contributed by atoms with Crippen molar-refractivity contribution in [3.63, 3.8) is 0 Å². The van der Waals surface area contributed by atoms with Gasteiger partial charge in [-0.15, -0.1) is 0 Å². The average Bonchev–Trinajstić information content (AvgIpc) is 3.60. The molecular formula is C30H32N4O3S. The van der Waals surface area contributed by atoms with Gasteiger partial charge in [0.05, 0.1) is 11.4 Å². The Morgan fingerprint density at radius 3 is 2.55 bits per heavy atom. The molecule has 1 atom stereocenters. The summed E-state index contributed by atoms with van der Waals surface area (Å²) < 4.78 is 29.2. The Bertz CT molecular complexity index is 1480. The van der Waals surface area contributed by atoms with Gasteiger partial charge in [0.1, 0.15) is 5.82 Å². The maximum Gasteiger partial charge on any atom is 0.241 e. The topological polar surface area (TPSA) is 95.2 Å². The number of nitrogens with one attached hydrogen (secondary N) is 2. The molecule has 196 valence electrons. The number of aryl methyl sites for hydroxylation is 3. The van der Waals surface area contributed by atoms with Crippen LogP contribution in [0.3, 0.4) is 0 Å². The molecule has 1 aliphatic carbocycles. The van der Waals surface area contributed by atoms with Crippen LogP contribution in [0.5, 0.6) is 0 Å². The van der Waals surface area contributed by atoms with Crippen LogP contribution in [-0.4, -0.2) is 24.3 Å². The normalized spacial score (nSPS) is 14.8. The molecule has 7 nitrogen and oxygen atoms in total. The second-order valence-electron chi connectivity index (χ2n) is 9.59. The Morgan fingerprint density at radius 2 is 1.84 bits per heavy atom. The van der Waals surface area contributed by atoms with Crippen LogP contribution in [0.1, 0.15) is 53.9 Å². The van der Waals surface area contributed by atoms with Crippen LogP contribution in [0.25, 0.3) is 0 Å². The van der Waals surface area contributed by atoms with E-state index in [0.717, 1.165) is 40.8 Å². The molecule has 3 aromatic carbocycles. The van der Waals surface area contributed by atoms with Crippen LogP contribution in [-0.2, 0) is 40.6 Å². The number of aromatic amines is 1. The highest BCUT2D eigenvalue weighted by atomic mass is 32.2. The van der Waals surface area contributed by atoms with Gasteiger partial charge in [0.15, 0.2) is 0 Å². The molecule has 0 saturated heterocycles. The Hall–Kier alpha value is -3.75. The summed E-state index contributed by atoms with van der Waals surface area (Å²) in [4.78, 5) is 22.9. The summed E-state index contributed by atoms with van der Waals surface area (Å²) in [6.45, 7) is 2.34. The minimum atomic E-state index is -3.69. The molecule has 0 bridgehead atoms. The van der Waals surface area contributed by atoms with E-state index in [0.29, 0.717) is 31.6 Å². The third kappa shape index (κ3) is 5.87. The largest absolute Gasteiger partial charge is 0.347 e. The monoisotopic (exact) mass is 528 g/mol. The lowest BCUT2D eigenvalue weighted by atomic mass is 10.1. The number of hydrogen-bond donors (Lipinski definition) is 2. The zero-order chi connectivity index (χ0) is 26.5. The number of imidazole rings is 1. The van der Waals surface area contributed by atoms with Crippen molar-refractivity contribution in [1.82, 2.24) is 14.7 Å². The van der Waals surface area contributed by atoms with Gasteiger partial charge >= 0.3 is 0 Å². The number of hydrogen-bond acceptors (Lipinski definition) is 4. The first-order valence-corrected chi connectivity index (χ1v) is 14.5. The number of sulfonamides is 1. The molecule has 0 spiro atoms. The maximum atomic E-state index is 13.5. The maximum absolute atomic E-state index is 13.5. The molecule has 8 heteroatoms. The Kier molecular flexibility index (Phi) is 7.72. The van der Waals surface area contributed by atoms with Gasteiger partial charge < -0.3 is 9.88 Å². The van der Waals surface area contributed by atoms with Crippen LogP contribution < -0.4 is 9.62 Å². The Balaban J connectivity index is 1.38. The molecule has 1 heterocycles. The van der Waals surface area contributed by atoms with Crippen molar-refractivity contribution in [2.24, 2.45) is 0 Å². The summed E-state index contributed by atoms with van der Waals surface area (Å²) in [5.74, 6) is 0.669. The average molecular weight is 529 g/mol. The fourth-order valence-electron chi connectivity index (χ4n) is 4.93. The van der Waals surface area contributed by atoms with Crippen LogP contribution in [0.2, 0.25) is 0 Å². The summed E-state index contributed by atoms with van der Waals surface area (Å²) in [7, 11) is -3.69. The highest BCUT2D eigenvalue weighted by molar-refractivity contribution is 7.89. The number of fused-ring (bicyclic) bond motifs is 1. The van der Waals surface area contributed by atoms with Crippen molar-refractivity contribution in [2.45, 2.75) is 56.5 Å². The number of carbonyl (C=O) groups is 1. The third-order valence-corrected chi connectivity index (χ3v) is 8.58. The summed E-state index contributed by atoms with van der Waals surface area (Å²) in [6, 6.07) is 22.5. The van der Waals surface area contributed by atoms with Crippen molar-refractivity contribution < 1.29 is 13.2 Å². The van der Waals surface area contributed by atoms with E-state index in [1.807, 2.05) is 67.6 Å². The summed E-state index contributed by atoms with van der Waals surface area (Å²) in [6.07, 6.45) is 6.70. The number of nitrogens with zero attached hydrogens (tertiary/aromatic N) is 2. The van der Waals surface area contributed by atoms with Crippen LogP contribution in [0.4, 0.5) is 5.69 Å². The Labute approximate surface area is 224 Å². The van der Waals surface area contributed by atoms with Crippen LogP contribution >= 0.6 is 0 Å². The van der Waals surface area contributed by atoms with Crippen molar-refractivity contribution in [3.8, 4) is 0 Å². The number of anilines is 1. The Morgan fingerprint density at radius 1 is 1.05 bits per heavy atom. The predicted octanol–water partition coefficient (Wildman–Crippen LogP) is 5.10. The predicted molar refractivity (Wildman–Crippen MR) is 148 cm³/mol. The van der Waals surface area contributed by atoms with Gasteiger partial charge in [-0.2, -0.15) is 0 Å². The van der Waals surface area contributed by atoms with E-state index in [9.17, 15) is 13.2 Å². The lowest BCUT2D eigenvalue weighted by Crippen LogP contribution is -2.31. The van der Waals surface area contributed by atoms with Gasteiger partial charge in [-0.05, 0) is 72.2 Å². The minimum absolute atomic E-state index is 0.0173.